The van der Waals surface area contributed by atoms with Gasteiger partial charge in [0.1, 0.15) is 13.2 Å². The molecule has 474 valence electrons. The highest BCUT2D eigenvalue weighted by Crippen LogP contribution is 2.19. The molecule has 0 spiro atoms. The van der Waals surface area contributed by atoms with Crippen LogP contribution in [0.4, 0.5) is 0 Å². The van der Waals surface area contributed by atoms with Crippen molar-refractivity contribution in [1.29, 1.82) is 0 Å². The molecule has 81 heavy (non-hydrogen) atoms. The van der Waals surface area contributed by atoms with E-state index >= 15 is 0 Å². The van der Waals surface area contributed by atoms with Crippen LogP contribution in [-0.2, 0) is 28.6 Å². The summed E-state index contributed by atoms with van der Waals surface area (Å²) in [5.41, 5.74) is 0. The Bertz CT molecular complexity index is 1400. The molecule has 0 rings (SSSR count). The summed E-state index contributed by atoms with van der Waals surface area (Å²) < 4.78 is 17.0. The predicted molar refractivity (Wildman–Crippen MR) is 353 cm³/mol. The average Bonchev–Trinajstić information content (AvgIpc) is 3.47. The molecule has 0 N–H and O–H groups in total. The van der Waals surface area contributed by atoms with Crippen molar-refractivity contribution in [2.75, 3.05) is 13.2 Å². The zero-order chi connectivity index (χ0) is 58.5. The van der Waals surface area contributed by atoms with E-state index in [4.69, 9.17) is 14.2 Å². The maximum absolute atomic E-state index is 12.9. The minimum absolute atomic E-state index is 0.0784. The van der Waals surface area contributed by atoms with E-state index in [9.17, 15) is 14.4 Å². The molecular weight excluding hydrogens is 997 g/mol. The Hall–Kier alpha value is -2.63. The second-order valence-electron chi connectivity index (χ2n) is 24.5. The molecule has 0 aliphatic rings. The van der Waals surface area contributed by atoms with Crippen molar-refractivity contribution >= 4 is 17.9 Å². The SMILES string of the molecule is CC/C=C\C/C=C\C/C=C\CCCCCCCC(=O)OCC(COC(=O)CCCCCCCCCCCCCCCCCCCCCCCCCCCCCCCCCC)OC(=O)CCCCCCC/C=C\CCCCCCCCC. The van der Waals surface area contributed by atoms with Crippen molar-refractivity contribution in [1.82, 2.24) is 0 Å². The quantitative estimate of drug-likeness (QED) is 0.0261. The average molecular weight is 1140 g/mol. The van der Waals surface area contributed by atoms with Crippen molar-refractivity contribution in [2.45, 2.75) is 399 Å². The second kappa shape index (κ2) is 69.9. The van der Waals surface area contributed by atoms with Gasteiger partial charge in [-0.1, -0.05) is 345 Å². The van der Waals surface area contributed by atoms with Crippen LogP contribution in [0, 0.1) is 0 Å². The van der Waals surface area contributed by atoms with Crippen LogP contribution in [0.2, 0.25) is 0 Å². The molecule has 0 saturated heterocycles. The number of esters is 3. The van der Waals surface area contributed by atoms with Gasteiger partial charge in [0, 0.05) is 19.3 Å². The van der Waals surface area contributed by atoms with Gasteiger partial charge in [-0.15, -0.1) is 0 Å². The van der Waals surface area contributed by atoms with E-state index in [-0.39, 0.29) is 31.1 Å². The molecule has 0 bridgehead atoms. The van der Waals surface area contributed by atoms with Crippen LogP contribution >= 0.6 is 0 Å². The minimum Gasteiger partial charge on any atom is -0.462 e. The van der Waals surface area contributed by atoms with Gasteiger partial charge in [-0.3, -0.25) is 14.4 Å². The lowest BCUT2D eigenvalue weighted by Crippen LogP contribution is -2.30. The predicted octanol–water partition coefficient (Wildman–Crippen LogP) is 24.9. The van der Waals surface area contributed by atoms with Gasteiger partial charge in [0.15, 0.2) is 6.10 Å². The number of rotatable bonds is 67. The molecule has 0 aliphatic carbocycles. The van der Waals surface area contributed by atoms with Gasteiger partial charge >= 0.3 is 17.9 Å². The van der Waals surface area contributed by atoms with Crippen molar-refractivity contribution in [3.8, 4) is 0 Å². The maximum atomic E-state index is 12.9. The molecule has 6 heteroatoms. The molecule has 0 aromatic carbocycles. The summed E-state index contributed by atoms with van der Waals surface area (Å²) in [6.07, 6.45) is 88.8. The highest BCUT2D eigenvalue weighted by atomic mass is 16.6. The van der Waals surface area contributed by atoms with Gasteiger partial charge < -0.3 is 14.2 Å². The molecule has 0 amide bonds. The first-order chi connectivity index (χ1) is 40.0. The lowest BCUT2D eigenvalue weighted by atomic mass is 10.0. The Balaban J connectivity index is 4.14. The fourth-order valence-electron chi connectivity index (χ4n) is 10.9. The van der Waals surface area contributed by atoms with Gasteiger partial charge in [0.05, 0.1) is 0 Å². The summed E-state index contributed by atoms with van der Waals surface area (Å²) in [5, 5.41) is 0. The Morgan fingerprint density at radius 2 is 0.481 bits per heavy atom. The van der Waals surface area contributed by atoms with Crippen molar-refractivity contribution in [3.63, 3.8) is 0 Å². The summed E-state index contributed by atoms with van der Waals surface area (Å²) >= 11 is 0. The number of allylic oxidation sites excluding steroid dienone is 8. The topological polar surface area (TPSA) is 78.9 Å². The first kappa shape index (κ1) is 78.4. The Morgan fingerprint density at radius 3 is 0.765 bits per heavy atom. The molecule has 1 unspecified atom stereocenters. The zero-order valence-corrected chi connectivity index (χ0v) is 54.6. The van der Waals surface area contributed by atoms with E-state index in [0.717, 1.165) is 109 Å². The van der Waals surface area contributed by atoms with E-state index < -0.39 is 6.10 Å². The fourth-order valence-corrected chi connectivity index (χ4v) is 10.9. The second-order valence-corrected chi connectivity index (χ2v) is 24.5. The van der Waals surface area contributed by atoms with E-state index in [0.29, 0.717) is 19.3 Å². The number of carbonyl (C=O) groups is 3. The highest BCUT2D eigenvalue weighted by molar-refractivity contribution is 5.71. The van der Waals surface area contributed by atoms with Crippen LogP contribution in [0.25, 0.3) is 0 Å². The monoisotopic (exact) mass is 1140 g/mol. The summed E-state index contributed by atoms with van der Waals surface area (Å²) in [6, 6.07) is 0. The molecule has 0 aromatic heterocycles. The normalized spacial score (nSPS) is 12.3. The number of hydrogen-bond donors (Lipinski definition) is 0. The molecule has 1 atom stereocenters. The summed E-state index contributed by atoms with van der Waals surface area (Å²) in [7, 11) is 0. The van der Waals surface area contributed by atoms with Gasteiger partial charge in [-0.05, 0) is 77.0 Å². The third-order valence-electron chi connectivity index (χ3n) is 16.3. The molecule has 0 heterocycles. The van der Waals surface area contributed by atoms with Crippen LogP contribution in [-0.4, -0.2) is 37.2 Å². The third kappa shape index (κ3) is 68.0. The molecule has 0 fully saturated rings. The first-order valence-electron chi connectivity index (χ1n) is 36.1. The van der Waals surface area contributed by atoms with Crippen LogP contribution in [0.1, 0.15) is 393 Å². The van der Waals surface area contributed by atoms with Crippen LogP contribution < -0.4 is 0 Å². The largest absolute Gasteiger partial charge is 0.462 e. The van der Waals surface area contributed by atoms with Crippen LogP contribution in [0.3, 0.4) is 0 Å². The van der Waals surface area contributed by atoms with Crippen LogP contribution in [0.5, 0.6) is 0 Å². The minimum atomic E-state index is -0.784. The Morgan fingerprint density at radius 1 is 0.259 bits per heavy atom. The van der Waals surface area contributed by atoms with Crippen molar-refractivity contribution in [2.24, 2.45) is 0 Å². The Labute approximate surface area is 505 Å². The number of carbonyl (C=O) groups excluding carboxylic acids is 3. The van der Waals surface area contributed by atoms with E-state index in [2.05, 4.69) is 69.4 Å². The Kier molecular flexibility index (Phi) is 67.6. The van der Waals surface area contributed by atoms with Gasteiger partial charge in [0.25, 0.3) is 0 Å². The molecule has 0 saturated carbocycles. The standard InChI is InChI=1S/C75H138O6/c1-4-7-10-13-16-19-22-25-28-30-31-32-33-34-35-36-37-38-39-40-41-42-43-44-45-48-50-53-56-59-62-65-68-74(77)80-71-72(70-79-73(76)67-64-61-58-55-52-49-46-27-24-21-18-15-12-9-6-3)81-75(78)69-66-63-60-57-54-51-47-29-26-23-20-17-14-11-8-5-2/h9,12,18,21,27,29,46-47,72H,4-8,10-11,13-17,19-20,22-26,28,30-45,48-71H2,1-3H3/b12-9-,21-18-,46-27-,47-29-. The summed E-state index contributed by atoms with van der Waals surface area (Å²) in [6.45, 7) is 6.57. The molecule has 0 aromatic rings. The first-order valence-corrected chi connectivity index (χ1v) is 36.1. The van der Waals surface area contributed by atoms with Gasteiger partial charge in [-0.25, -0.2) is 0 Å². The summed E-state index contributed by atoms with van der Waals surface area (Å²) in [5.74, 6) is -0.881. The molecular formula is C75H138O6. The summed E-state index contributed by atoms with van der Waals surface area (Å²) in [4.78, 5) is 38.4. The number of unbranched alkanes of at least 4 members (excludes halogenated alkanes) is 48. The lowest BCUT2D eigenvalue weighted by Gasteiger charge is -2.18. The molecule has 0 radical (unpaired) electrons. The third-order valence-corrected chi connectivity index (χ3v) is 16.3. The van der Waals surface area contributed by atoms with Gasteiger partial charge in [0.2, 0.25) is 0 Å². The van der Waals surface area contributed by atoms with E-state index in [1.165, 1.54) is 244 Å². The molecule has 0 aliphatic heterocycles. The fraction of sp³-hybridized carbons (Fsp3) is 0.853. The number of hydrogen-bond acceptors (Lipinski definition) is 6. The maximum Gasteiger partial charge on any atom is 0.306 e. The van der Waals surface area contributed by atoms with Gasteiger partial charge in [-0.2, -0.15) is 0 Å². The van der Waals surface area contributed by atoms with Crippen molar-refractivity contribution in [3.05, 3.63) is 48.6 Å². The van der Waals surface area contributed by atoms with Crippen molar-refractivity contribution < 1.29 is 28.6 Å². The van der Waals surface area contributed by atoms with Crippen LogP contribution in [0.15, 0.2) is 48.6 Å². The molecule has 6 nitrogen and oxygen atoms in total. The van der Waals surface area contributed by atoms with E-state index in [1.807, 2.05) is 0 Å². The lowest BCUT2D eigenvalue weighted by molar-refractivity contribution is -0.167. The smallest absolute Gasteiger partial charge is 0.306 e. The zero-order valence-electron chi connectivity index (χ0n) is 54.6. The highest BCUT2D eigenvalue weighted by Gasteiger charge is 2.19. The van der Waals surface area contributed by atoms with E-state index in [1.54, 1.807) is 0 Å². The number of ether oxygens (including phenoxy) is 3.